The van der Waals surface area contributed by atoms with Crippen molar-refractivity contribution in [1.29, 1.82) is 0 Å². The van der Waals surface area contributed by atoms with Crippen molar-refractivity contribution < 1.29 is 18.0 Å². The van der Waals surface area contributed by atoms with E-state index in [9.17, 15) is 18.0 Å². The average molecular weight is 475 g/mol. The third kappa shape index (κ3) is 5.06. The summed E-state index contributed by atoms with van der Waals surface area (Å²) in [7, 11) is 0. The minimum absolute atomic E-state index is 0.144. The summed E-state index contributed by atoms with van der Waals surface area (Å²) in [5, 5.41) is 10.4. The van der Waals surface area contributed by atoms with Crippen LogP contribution in [0.5, 0.6) is 0 Å². The monoisotopic (exact) mass is 474 g/mol. The zero-order chi connectivity index (χ0) is 24.9. The van der Waals surface area contributed by atoms with Crippen LogP contribution in [0.25, 0.3) is 5.52 Å². The van der Waals surface area contributed by atoms with Crippen LogP contribution in [-0.4, -0.2) is 45.7 Å². The molecule has 1 amide bonds. The molecule has 3 aliphatic heterocycles. The molecule has 0 saturated carbocycles. The quantitative estimate of drug-likeness (QED) is 0.535. The van der Waals surface area contributed by atoms with Crippen LogP contribution in [0.2, 0.25) is 0 Å². The molecule has 1 aromatic carbocycles. The number of anilines is 2. The van der Waals surface area contributed by atoms with E-state index in [2.05, 4.69) is 38.8 Å². The Morgan fingerprint density at radius 1 is 1.15 bits per heavy atom. The van der Waals surface area contributed by atoms with E-state index in [1.807, 2.05) is 13.8 Å². The van der Waals surface area contributed by atoms with Crippen molar-refractivity contribution in [3.05, 3.63) is 67.0 Å². The fraction of sp³-hybridized carbons (Fsp3) is 0.375. The number of rotatable bonds is 3. The van der Waals surface area contributed by atoms with Gasteiger partial charge in [-0.25, -0.2) is 9.50 Å². The van der Waals surface area contributed by atoms with Gasteiger partial charge in [0.2, 0.25) is 5.95 Å². The largest absolute Gasteiger partial charge is 0.418 e. The Morgan fingerprint density at radius 2 is 1.88 bits per heavy atom. The lowest BCUT2D eigenvalue weighted by molar-refractivity contribution is -0.136. The summed E-state index contributed by atoms with van der Waals surface area (Å²) in [6, 6.07) is 8.77. The van der Waals surface area contributed by atoms with E-state index in [0.29, 0.717) is 23.5 Å². The Bertz CT molecular complexity index is 1120. The summed E-state index contributed by atoms with van der Waals surface area (Å²) >= 11 is 0. The predicted octanol–water partition coefficient (Wildman–Crippen LogP) is 4.77. The molecule has 2 atom stereocenters. The van der Waals surface area contributed by atoms with Gasteiger partial charge < -0.3 is 15.5 Å². The third-order valence-corrected chi connectivity index (χ3v) is 5.71. The molecule has 3 aliphatic rings. The van der Waals surface area contributed by atoms with E-state index < -0.39 is 17.6 Å². The molecule has 10 heteroatoms. The normalized spacial score (nSPS) is 19.0. The fourth-order valence-electron chi connectivity index (χ4n) is 4.18. The zero-order valence-electron chi connectivity index (χ0n) is 19.3. The van der Waals surface area contributed by atoms with Gasteiger partial charge in [-0.3, -0.25) is 4.79 Å². The Balaban J connectivity index is 0.000000771. The molecule has 0 spiro atoms. The lowest BCUT2D eigenvalue weighted by Gasteiger charge is -2.45. The highest BCUT2D eigenvalue weighted by Gasteiger charge is 2.35. The number of halogens is 3. The van der Waals surface area contributed by atoms with Gasteiger partial charge in [0.05, 0.1) is 23.0 Å². The standard InChI is InChI=1S/C20H19F3N6O.C2H6.C2H4/c21-20(22,23)15-3-1-2-4-16(15)26-18(30)17-8-7-14-10-25-19(27-29(14)17)28-11-12-5-6-13(28)9-24-12;2*1-2/h1-4,7-8,10,12-13,24H,5-6,9,11H2,(H,26,30);1-2H3;1-2H2. The number of para-hydroxylation sites is 1. The second kappa shape index (κ2) is 10.7. The second-order valence-corrected chi connectivity index (χ2v) is 7.60. The van der Waals surface area contributed by atoms with Crippen molar-refractivity contribution >= 4 is 23.1 Å². The number of nitrogens with one attached hydrogen (secondary N) is 2. The van der Waals surface area contributed by atoms with Crippen LogP contribution in [0.4, 0.5) is 24.8 Å². The van der Waals surface area contributed by atoms with Gasteiger partial charge in [-0.05, 0) is 37.1 Å². The topological polar surface area (TPSA) is 74.6 Å². The van der Waals surface area contributed by atoms with Crippen LogP contribution in [0.15, 0.2) is 55.8 Å². The zero-order valence-corrected chi connectivity index (χ0v) is 19.3. The second-order valence-electron chi connectivity index (χ2n) is 7.60. The van der Waals surface area contributed by atoms with Crippen molar-refractivity contribution in [3.63, 3.8) is 0 Å². The first-order valence-corrected chi connectivity index (χ1v) is 11.2. The maximum Gasteiger partial charge on any atom is 0.418 e. The maximum absolute atomic E-state index is 13.2. The first-order chi connectivity index (χ1) is 16.4. The number of piperazine rings is 1. The van der Waals surface area contributed by atoms with Gasteiger partial charge in [0, 0.05) is 25.2 Å². The molecule has 2 bridgehead atoms. The number of hydrogen-bond acceptors (Lipinski definition) is 5. The van der Waals surface area contributed by atoms with Crippen molar-refractivity contribution in [3.8, 4) is 0 Å². The number of alkyl halides is 3. The van der Waals surface area contributed by atoms with Crippen molar-refractivity contribution in [1.82, 2.24) is 19.9 Å². The van der Waals surface area contributed by atoms with Gasteiger partial charge in [-0.1, -0.05) is 26.0 Å². The van der Waals surface area contributed by atoms with E-state index in [-0.39, 0.29) is 11.4 Å². The molecular formula is C24H29F3N6O. The van der Waals surface area contributed by atoms with Gasteiger partial charge in [0.25, 0.3) is 5.91 Å². The molecular weight excluding hydrogens is 445 g/mol. The van der Waals surface area contributed by atoms with Crippen molar-refractivity contribution in [2.75, 3.05) is 23.3 Å². The molecule has 3 fully saturated rings. The summed E-state index contributed by atoms with van der Waals surface area (Å²) in [5.74, 6) is -0.155. The Morgan fingerprint density at radius 3 is 2.50 bits per heavy atom. The van der Waals surface area contributed by atoms with E-state index in [1.54, 1.807) is 12.3 Å². The maximum atomic E-state index is 13.2. The lowest BCUT2D eigenvalue weighted by atomic mass is 9.93. The van der Waals surface area contributed by atoms with Crippen LogP contribution in [0.3, 0.4) is 0 Å². The van der Waals surface area contributed by atoms with Gasteiger partial charge in [-0.2, -0.15) is 13.2 Å². The lowest BCUT2D eigenvalue weighted by Crippen LogP contribution is -2.61. The summed E-state index contributed by atoms with van der Waals surface area (Å²) in [5.41, 5.74) is -0.454. The fourth-order valence-corrected chi connectivity index (χ4v) is 4.18. The highest BCUT2D eigenvalue weighted by molar-refractivity contribution is 6.04. The van der Waals surface area contributed by atoms with Crippen molar-refractivity contribution in [2.45, 2.75) is 44.9 Å². The molecule has 182 valence electrons. The van der Waals surface area contributed by atoms with Gasteiger partial charge >= 0.3 is 6.18 Å². The SMILES string of the molecule is C=C.CC.O=C(Nc1ccccc1C(F)(F)F)c1ccc2cnc(N3CC4CCC3CN4)nn12. The van der Waals surface area contributed by atoms with Crippen LogP contribution in [-0.2, 0) is 6.18 Å². The Labute approximate surface area is 196 Å². The van der Waals surface area contributed by atoms with Gasteiger partial charge in [-0.15, -0.1) is 18.3 Å². The molecule has 2 aromatic heterocycles. The molecule has 0 aliphatic carbocycles. The van der Waals surface area contributed by atoms with Crippen LogP contribution >= 0.6 is 0 Å². The first-order valence-electron chi connectivity index (χ1n) is 11.2. The molecule has 6 rings (SSSR count). The van der Waals surface area contributed by atoms with Crippen LogP contribution in [0, 0.1) is 0 Å². The van der Waals surface area contributed by atoms with Gasteiger partial charge in [0.1, 0.15) is 5.69 Å². The van der Waals surface area contributed by atoms with Gasteiger partial charge in [0.15, 0.2) is 0 Å². The smallest absolute Gasteiger partial charge is 0.334 e. The minimum Gasteiger partial charge on any atom is -0.334 e. The number of aromatic nitrogens is 3. The predicted molar refractivity (Wildman–Crippen MR) is 127 cm³/mol. The number of amides is 1. The number of benzene rings is 1. The van der Waals surface area contributed by atoms with Crippen LogP contribution < -0.4 is 15.5 Å². The molecule has 5 heterocycles. The molecule has 7 nitrogen and oxygen atoms in total. The molecule has 3 saturated heterocycles. The number of carbonyl (C=O) groups is 1. The number of carbonyl (C=O) groups excluding carboxylic acids is 1. The van der Waals surface area contributed by atoms with E-state index in [1.165, 1.54) is 28.8 Å². The Hall–Kier alpha value is -3.40. The van der Waals surface area contributed by atoms with Crippen molar-refractivity contribution in [2.24, 2.45) is 0 Å². The summed E-state index contributed by atoms with van der Waals surface area (Å²) in [4.78, 5) is 19.4. The van der Waals surface area contributed by atoms with Crippen LogP contribution in [0.1, 0.15) is 42.7 Å². The highest BCUT2D eigenvalue weighted by atomic mass is 19.4. The molecule has 0 radical (unpaired) electrons. The molecule has 3 aromatic rings. The first kappa shape index (κ1) is 25.2. The highest BCUT2D eigenvalue weighted by Crippen LogP contribution is 2.34. The Kier molecular flexibility index (Phi) is 7.93. The van der Waals surface area contributed by atoms with E-state index >= 15 is 0 Å². The van der Waals surface area contributed by atoms with E-state index in [0.717, 1.165) is 32.0 Å². The number of fused-ring (bicyclic) bond motifs is 4. The minimum atomic E-state index is -4.57. The molecule has 2 unspecified atom stereocenters. The molecule has 34 heavy (non-hydrogen) atoms. The third-order valence-electron chi connectivity index (χ3n) is 5.71. The number of hydrogen-bond donors (Lipinski definition) is 2. The summed E-state index contributed by atoms with van der Waals surface area (Å²) < 4.78 is 41.2. The number of nitrogens with zero attached hydrogens (tertiary/aromatic N) is 4. The number of piperidine rings is 2. The van der Waals surface area contributed by atoms with E-state index in [4.69, 9.17) is 0 Å². The summed E-state index contributed by atoms with van der Waals surface area (Å²) in [6.45, 7) is 11.7. The molecule has 2 N–H and O–H groups in total. The summed E-state index contributed by atoms with van der Waals surface area (Å²) in [6.07, 6.45) is -0.786. The average Bonchev–Trinajstić information content (AvgIpc) is 3.30.